The van der Waals surface area contributed by atoms with Gasteiger partial charge in [-0.1, -0.05) is 6.07 Å². The molecule has 0 aliphatic rings. The van der Waals surface area contributed by atoms with Gasteiger partial charge in [-0.05, 0) is 18.2 Å². The van der Waals surface area contributed by atoms with Crippen LogP contribution in [0.1, 0.15) is 11.3 Å². The molecule has 6 nitrogen and oxygen atoms in total. The first kappa shape index (κ1) is 19.6. The number of benzene rings is 1. The molecule has 0 saturated heterocycles. The lowest BCUT2D eigenvalue weighted by Crippen LogP contribution is -2.27. The third-order valence-corrected chi connectivity index (χ3v) is 4.59. The molecule has 140 valence electrons. The molecule has 27 heavy (non-hydrogen) atoms. The van der Waals surface area contributed by atoms with Crippen molar-refractivity contribution in [2.24, 2.45) is 0 Å². The molecule has 0 atom stereocenters. The van der Waals surface area contributed by atoms with Crippen molar-refractivity contribution in [1.82, 2.24) is 14.6 Å². The zero-order chi connectivity index (χ0) is 19.2. The summed E-state index contributed by atoms with van der Waals surface area (Å²) in [5.74, 6) is 1.95. The summed E-state index contributed by atoms with van der Waals surface area (Å²) >= 11 is 17.8. The number of nitriles is 1. The van der Waals surface area contributed by atoms with Crippen LogP contribution in [0.2, 0.25) is 0 Å². The van der Waals surface area contributed by atoms with Crippen molar-refractivity contribution in [2.75, 3.05) is 35.1 Å². The third kappa shape index (κ3) is 4.38. The molecule has 2 heterocycles. The van der Waals surface area contributed by atoms with Gasteiger partial charge >= 0.3 is 0 Å². The van der Waals surface area contributed by atoms with Gasteiger partial charge < -0.3 is 10.2 Å². The molecule has 3 aromatic rings. The molecule has 0 radical (unpaired) electrons. The van der Waals surface area contributed by atoms with E-state index in [0.717, 1.165) is 11.4 Å². The van der Waals surface area contributed by atoms with Gasteiger partial charge in [-0.25, -0.2) is 4.98 Å². The molecule has 0 spiro atoms. The molecule has 0 aliphatic carbocycles. The predicted octanol–water partition coefficient (Wildman–Crippen LogP) is 4.37. The summed E-state index contributed by atoms with van der Waals surface area (Å²) in [6, 6.07) is 11.8. The highest BCUT2D eigenvalue weighted by atomic mass is 35.5. The predicted molar refractivity (Wildman–Crippen MR) is 111 cm³/mol. The molecule has 0 fully saturated rings. The summed E-state index contributed by atoms with van der Waals surface area (Å²) in [4.78, 5) is 6.51. The number of alkyl halides is 3. The number of halogens is 3. The Morgan fingerprint density at radius 3 is 2.59 bits per heavy atom. The molecule has 0 amide bonds. The maximum Gasteiger partial charge on any atom is 0.175 e. The molecule has 1 aromatic carbocycles. The molecule has 0 saturated carbocycles. The van der Waals surface area contributed by atoms with E-state index in [0.29, 0.717) is 47.6 Å². The van der Waals surface area contributed by atoms with Crippen LogP contribution in [-0.2, 0) is 5.88 Å². The van der Waals surface area contributed by atoms with Crippen LogP contribution in [0.5, 0.6) is 0 Å². The molecule has 2 aromatic heterocycles. The van der Waals surface area contributed by atoms with E-state index >= 15 is 0 Å². The Labute approximate surface area is 172 Å². The van der Waals surface area contributed by atoms with Crippen molar-refractivity contribution < 1.29 is 0 Å². The van der Waals surface area contributed by atoms with E-state index in [-0.39, 0.29) is 5.88 Å². The number of hydrogen-bond donors (Lipinski definition) is 1. The highest BCUT2D eigenvalue weighted by Crippen LogP contribution is 2.24. The zero-order valence-electron chi connectivity index (χ0n) is 14.4. The van der Waals surface area contributed by atoms with Gasteiger partial charge in [0.15, 0.2) is 5.65 Å². The Kier molecular flexibility index (Phi) is 6.62. The summed E-state index contributed by atoms with van der Waals surface area (Å²) in [5, 5.41) is 16.8. The molecule has 0 bridgehead atoms. The minimum atomic E-state index is 0.237. The Bertz CT molecular complexity index is 959. The first-order chi connectivity index (χ1) is 13.2. The first-order valence-electron chi connectivity index (χ1n) is 8.28. The van der Waals surface area contributed by atoms with E-state index in [9.17, 15) is 5.26 Å². The Balaban J connectivity index is 1.97. The van der Waals surface area contributed by atoms with E-state index in [1.165, 1.54) is 6.20 Å². The monoisotopic (exact) mass is 422 g/mol. The maximum absolute atomic E-state index is 9.24. The van der Waals surface area contributed by atoms with Gasteiger partial charge in [0.1, 0.15) is 17.5 Å². The summed E-state index contributed by atoms with van der Waals surface area (Å²) in [6.07, 6.45) is 1.49. The van der Waals surface area contributed by atoms with Crippen LogP contribution in [0.3, 0.4) is 0 Å². The minimum absolute atomic E-state index is 0.237. The summed E-state index contributed by atoms with van der Waals surface area (Å²) < 4.78 is 1.59. The molecule has 3 rings (SSSR count). The summed E-state index contributed by atoms with van der Waals surface area (Å²) in [6.45, 7) is 1.41. The number of nitrogens with zero attached hydrogens (tertiary/aromatic N) is 5. The van der Waals surface area contributed by atoms with Gasteiger partial charge in [0, 0.05) is 42.3 Å². The lowest BCUT2D eigenvalue weighted by Gasteiger charge is -2.23. The summed E-state index contributed by atoms with van der Waals surface area (Å²) in [5.41, 5.74) is 3.41. The number of hydrogen-bond acceptors (Lipinski definition) is 5. The van der Waals surface area contributed by atoms with E-state index < -0.39 is 0 Å². The fourth-order valence-electron chi connectivity index (χ4n) is 2.75. The average Bonchev–Trinajstić information content (AvgIpc) is 3.11. The molecule has 0 aliphatic heterocycles. The lowest BCUT2D eigenvalue weighted by atomic mass is 10.2. The quantitative estimate of drug-likeness (QED) is 0.545. The van der Waals surface area contributed by atoms with Crippen molar-refractivity contribution >= 4 is 57.6 Å². The standard InChI is InChI=1S/C18H17Cl3N6/c19-4-6-26(7-5-20)16-3-1-2-14(8-16)24-17-9-15(10-21)25-18-13(11-22)12-23-27(17)18/h1-3,8-9,12,24H,4-7,10H2. The molecule has 9 heteroatoms. The van der Waals surface area contributed by atoms with Crippen LogP contribution in [0.25, 0.3) is 5.65 Å². The first-order valence-corrected chi connectivity index (χ1v) is 9.88. The largest absolute Gasteiger partial charge is 0.369 e. The van der Waals surface area contributed by atoms with Crippen molar-refractivity contribution in [3.05, 3.63) is 47.8 Å². The van der Waals surface area contributed by atoms with E-state index in [2.05, 4.69) is 26.4 Å². The van der Waals surface area contributed by atoms with Crippen LogP contribution < -0.4 is 10.2 Å². The highest BCUT2D eigenvalue weighted by Gasteiger charge is 2.12. The van der Waals surface area contributed by atoms with Crippen LogP contribution in [0.4, 0.5) is 17.2 Å². The fraction of sp³-hybridized carbons (Fsp3) is 0.278. The van der Waals surface area contributed by atoms with Gasteiger partial charge in [-0.3, -0.25) is 0 Å². The number of aromatic nitrogens is 3. The maximum atomic E-state index is 9.24. The average molecular weight is 424 g/mol. The number of fused-ring (bicyclic) bond motifs is 1. The minimum Gasteiger partial charge on any atom is -0.369 e. The second-order valence-corrected chi connectivity index (χ2v) is 6.74. The van der Waals surface area contributed by atoms with Gasteiger partial charge in [-0.15, -0.1) is 34.8 Å². The number of nitrogens with one attached hydrogen (secondary N) is 1. The van der Waals surface area contributed by atoms with E-state index in [1.54, 1.807) is 4.52 Å². The van der Waals surface area contributed by atoms with E-state index in [1.807, 2.05) is 30.3 Å². The topological polar surface area (TPSA) is 69.2 Å². The van der Waals surface area contributed by atoms with Crippen molar-refractivity contribution in [3.63, 3.8) is 0 Å². The van der Waals surface area contributed by atoms with Crippen LogP contribution in [0, 0.1) is 11.3 Å². The Morgan fingerprint density at radius 1 is 1.15 bits per heavy atom. The van der Waals surface area contributed by atoms with Crippen LogP contribution in [-0.4, -0.2) is 39.4 Å². The second-order valence-electron chi connectivity index (χ2n) is 5.71. The van der Waals surface area contributed by atoms with Gasteiger partial charge in [0.05, 0.1) is 17.8 Å². The normalized spacial score (nSPS) is 10.7. The lowest BCUT2D eigenvalue weighted by molar-refractivity contribution is 0.874. The van der Waals surface area contributed by atoms with Crippen LogP contribution in [0.15, 0.2) is 36.5 Å². The smallest absolute Gasteiger partial charge is 0.175 e. The molecule has 1 N–H and O–H groups in total. The van der Waals surface area contributed by atoms with Crippen LogP contribution >= 0.6 is 34.8 Å². The highest BCUT2D eigenvalue weighted by molar-refractivity contribution is 6.18. The fourth-order valence-corrected chi connectivity index (χ4v) is 3.30. The number of anilines is 3. The summed E-state index contributed by atoms with van der Waals surface area (Å²) in [7, 11) is 0. The Morgan fingerprint density at radius 2 is 1.93 bits per heavy atom. The van der Waals surface area contributed by atoms with Gasteiger partial charge in [0.2, 0.25) is 0 Å². The SMILES string of the molecule is N#Cc1cnn2c(Nc3cccc(N(CCCl)CCCl)c3)cc(CCl)nc12. The third-order valence-electron chi connectivity index (χ3n) is 3.97. The molecule has 0 unspecified atom stereocenters. The second kappa shape index (κ2) is 9.14. The van der Waals surface area contributed by atoms with Crippen molar-refractivity contribution in [1.29, 1.82) is 5.26 Å². The van der Waals surface area contributed by atoms with E-state index in [4.69, 9.17) is 34.8 Å². The van der Waals surface area contributed by atoms with Crippen molar-refractivity contribution in [3.8, 4) is 6.07 Å². The van der Waals surface area contributed by atoms with Gasteiger partial charge in [-0.2, -0.15) is 14.9 Å². The molecular formula is C18H17Cl3N6. The zero-order valence-corrected chi connectivity index (χ0v) is 16.6. The van der Waals surface area contributed by atoms with Crippen molar-refractivity contribution in [2.45, 2.75) is 5.88 Å². The Hall–Kier alpha value is -2.20. The van der Waals surface area contributed by atoms with Gasteiger partial charge in [0.25, 0.3) is 0 Å². The molecular weight excluding hydrogens is 407 g/mol. The number of rotatable bonds is 8.